The zero-order chi connectivity index (χ0) is 27.1. The molecule has 0 unspecified atom stereocenters. The molecule has 0 fully saturated rings. The first kappa shape index (κ1) is 37.0. The maximum atomic E-state index is 2.52. The van der Waals surface area contributed by atoms with Crippen molar-refractivity contribution in [3.05, 3.63) is 0 Å². The molecule has 0 spiro atoms. The third kappa shape index (κ3) is 26.0. The molecule has 0 rings (SSSR count). The van der Waals surface area contributed by atoms with Crippen LogP contribution in [0.25, 0.3) is 0 Å². The van der Waals surface area contributed by atoms with Crippen LogP contribution in [0.15, 0.2) is 0 Å². The van der Waals surface area contributed by atoms with Crippen LogP contribution in [-0.4, -0.2) is 0 Å². The monoisotopic (exact) mass is 521 g/mol. The van der Waals surface area contributed by atoms with E-state index in [0.29, 0.717) is 5.41 Å². The highest BCUT2D eigenvalue weighted by Gasteiger charge is 2.26. The van der Waals surface area contributed by atoms with Gasteiger partial charge in [0, 0.05) is 0 Å². The molecule has 0 bridgehead atoms. The molecular weight excluding hydrogens is 444 g/mol. The molecular formula is C37H76. The zero-order valence-corrected chi connectivity index (χ0v) is 27.1. The van der Waals surface area contributed by atoms with Crippen molar-refractivity contribution in [3.63, 3.8) is 0 Å². The summed E-state index contributed by atoms with van der Waals surface area (Å²) in [4.78, 5) is 0. The van der Waals surface area contributed by atoms with Crippen molar-refractivity contribution >= 4 is 0 Å². The van der Waals surface area contributed by atoms with Gasteiger partial charge in [-0.1, -0.05) is 214 Å². The quantitative estimate of drug-likeness (QED) is 0.0773. The predicted molar refractivity (Wildman–Crippen MR) is 173 cm³/mol. The van der Waals surface area contributed by atoms with Crippen LogP contribution in [-0.2, 0) is 0 Å². The molecule has 0 aliphatic rings. The SMILES string of the molecule is CCCCCCCCCCCCCCC(CC)(CCCCCCCCCC)CCCCCCCCCC. The van der Waals surface area contributed by atoms with E-state index >= 15 is 0 Å². The van der Waals surface area contributed by atoms with Crippen LogP contribution in [0.5, 0.6) is 0 Å². The Balaban J connectivity index is 4.17. The summed E-state index contributed by atoms with van der Waals surface area (Å²) in [6.07, 6.45) is 47.1. The molecule has 0 heterocycles. The summed E-state index contributed by atoms with van der Waals surface area (Å²) in [7, 11) is 0. The van der Waals surface area contributed by atoms with E-state index in [2.05, 4.69) is 27.7 Å². The lowest BCUT2D eigenvalue weighted by atomic mass is 9.72. The van der Waals surface area contributed by atoms with E-state index in [4.69, 9.17) is 0 Å². The molecule has 0 aromatic rings. The minimum Gasteiger partial charge on any atom is -0.0654 e. The van der Waals surface area contributed by atoms with Crippen molar-refractivity contribution in [2.24, 2.45) is 5.41 Å². The maximum absolute atomic E-state index is 2.52. The van der Waals surface area contributed by atoms with Gasteiger partial charge in [-0.3, -0.25) is 0 Å². The summed E-state index contributed by atoms with van der Waals surface area (Å²) in [6.45, 7) is 9.49. The summed E-state index contributed by atoms with van der Waals surface area (Å²) in [5.41, 5.74) is 0.670. The molecule has 0 nitrogen and oxygen atoms in total. The molecule has 0 N–H and O–H groups in total. The summed E-state index contributed by atoms with van der Waals surface area (Å²) < 4.78 is 0. The summed E-state index contributed by atoms with van der Waals surface area (Å²) >= 11 is 0. The Morgan fingerprint density at radius 1 is 0.243 bits per heavy atom. The topological polar surface area (TPSA) is 0 Å². The average molecular weight is 521 g/mol. The zero-order valence-electron chi connectivity index (χ0n) is 27.1. The first-order valence-corrected chi connectivity index (χ1v) is 18.2. The van der Waals surface area contributed by atoms with Gasteiger partial charge in [0.25, 0.3) is 0 Å². The lowest BCUT2D eigenvalue weighted by molar-refractivity contribution is 0.186. The van der Waals surface area contributed by atoms with Crippen molar-refractivity contribution in [2.45, 2.75) is 233 Å². The molecule has 0 radical (unpaired) electrons. The van der Waals surface area contributed by atoms with Crippen LogP contribution in [0.3, 0.4) is 0 Å². The van der Waals surface area contributed by atoms with E-state index in [1.54, 1.807) is 0 Å². The Bertz CT molecular complexity index is 377. The van der Waals surface area contributed by atoms with E-state index < -0.39 is 0 Å². The van der Waals surface area contributed by atoms with Gasteiger partial charge >= 0.3 is 0 Å². The van der Waals surface area contributed by atoms with Gasteiger partial charge < -0.3 is 0 Å². The molecule has 0 aromatic carbocycles. The maximum Gasteiger partial charge on any atom is -0.0300 e. The van der Waals surface area contributed by atoms with Crippen LogP contribution in [0.2, 0.25) is 0 Å². The normalized spacial score (nSPS) is 12.0. The van der Waals surface area contributed by atoms with Crippen LogP contribution >= 0.6 is 0 Å². The van der Waals surface area contributed by atoms with E-state index in [-0.39, 0.29) is 0 Å². The van der Waals surface area contributed by atoms with Gasteiger partial charge in [-0.25, -0.2) is 0 Å². The highest BCUT2D eigenvalue weighted by Crippen LogP contribution is 2.40. The minimum atomic E-state index is 0.670. The second-order valence-corrected chi connectivity index (χ2v) is 12.9. The van der Waals surface area contributed by atoms with E-state index in [9.17, 15) is 0 Å². The van der Waals surface area contributed by atoms with Crippen LogP contribution in [0, 0.1) is 5.41 Å². The lowest BCUT2D eigenvalue weighted by Gasteiger charge is -2.34. The van der Waals surface area contributed by atoms with Crippen molar-refractivity contribution < 1.29 is 0 Å². The smallest absolute Gasteiger partial charge is 0.0300 e. The number of rotatable bonds is 32. The Kier molecular flexibility index (Phi) is 30.5. The fourth-order valence-electron chi connectivity index (χ4n) is 6.51. The molecule has 37 heavy (non-hydrogen) atoms. The van der Waals surface area contributed by atoms with Gasteiger partial charge in [-0.15, -0.1) is 0 Å². The molecule has 0 saturated heterocycles. The van der Waals surface area contributed by atoms with Gasteiger partial charge in [0.15, 0.2) is 0 Å². The van der Waals surface area contributed by atoms with Gasteiger partial charge in [0.2, 0.25) is 0 Å². The molecule has 0 heteroatoms. The fourth-order valence-corrected chi connectivity index (χ4v) is 6.51. The number of hydrogen-bond acceptors (Lipinski definition) is 0. The van der Waals surface area contributed by atoms with Crippen LogP contribution in [0.1, 0.15) is 233 Å². The van der Waals surface area contributed by atoms with Crippen molar-refractivity contribution in [1.29, 1.82) is 0 Å². The van der Waals surface area contributed by atoms with Gasteiger partial charge in [-0.2, -0.15) is 0 Å². The second kappa shape index (κ2) is 30.5. The standard InChI is InChI=1S/C37H76/c1-5-9-12-15-18-21-22-23-24-27-30-33-36-37(8-4,34-31-28-25-19-16-13-10-6-2)35-32-29-26-20-17-14-11-7-3/h5-36H2,1-4H3. The highest BCUT2D eigenvalue weighted by atomic mass is 14.3. The van der Waals surface area contributed by atoms with E-state index in [1.807, 2.05) is 0 Å². The van der Waals surface area contributed by atoms with E-state index in [0.717, 1.165) is 0 Å². The third-order valence-corrected chi connectivity index (χ3v) is 9.43. The second-order valence-electron chi connectivity index (χ2n) is 12.9. The van der Waals surface area contributed by atoms with Crippen molar-refractivity contribution in [1.82, 2.24) is 0 Å². The number of unbranched alkanes of at least 4 members (excludes halogenated alkanes) is 25. The van der Waals surface area contributed by atoms with Crippen LogP contribution < -0.4 is 0 Å². The molecule has 224 valence electrons. The summed E-state index contributed by atoms with van der Waals surface area (Å²) in [6, 6.07) is 0. The highest BCUT2D eigenvalue weighted by molar-refractivity contribution is 4.78. The van der Waals surface area contributed by atoms with Crippen molar-refractivity contribution in [3.8, 4) is 0 Å². The first-order chi connectivity index (χ1) is 18.2. The van der Waals surface area contributed by atoms with Gasteiger partial charge in [0.05, 0.1) is 0 Å². The Morgan fingerprint density at radius 3 is 0.622 bits per heavy atom. The van der Waals surface area contributed by atoms with Crippen molar-refractivity contribution in [2.75, 3.05) is 0 Å². The number of hydrogen-bond donors (Lipinski definition) is 0. The molecule has 0 aliphatic carbocycles. The Hall–Kier alpha value is 0. The van der Waals surface area contributed by atoms with E-state index in [1.165, 1.54) is 205 Å². The largest absolute Gasteiger partial charge is 0.0654 e. The first-order valence-electron chi connectivity index (χ1n) is 18.2. The molecule has 0 aliphatic heterocycles. The van der Waals surface area contributed by atoms with Gasteiger partial charge in [0.1, 0.15) is 0 Å². The van der Waals surface area contributed by atoms with Crippen LogP contribution in [0.4, 0.5) is 0 Å². The molecule has 0 aromatic heterocycles. The molecule has 0 saturated carbocycles. The predicted octanol–water partition coefficient (Wildman–Crippen LogP) is 14.5. The summed E-state index contributed by atoms with van der Waals surface area (Å²) in [5.74, 6) is 0. The minimum absolute atomic E-state index is 0.670. The van der Waals surface area contributed by atoms with Gasteiger partial charge in [-0.05, 0) is 24.7 Å². The third-order valence-electron chi connectivity index (χ3n) is 9.43. The lowest BCUT2D eigenvalue weighted by Crippen LogP contribution is -2.20. The average Bonchev–Trinajstić information content (AvgIpc) is 2.91. The molecule has 0 amide bonds. The summed E-state index contributed by atoms with van der Waals surface area (Å²) in [5, 5.41) is 0. The molecule has 0 atom stereocenters. The Morgan fingerprint density at radius 2 is 0.432 bits per heavy atom. The Labute approximate surface area is 238 Å². The fraction of sp³-hybridized carbons (Fsp3) is 1.00.